The van der Waals surface area contributed by atoms with Crippen LogP contribution >= 0.6 is 8.58 Å². The fourth-order valence-corrected chi connectivity index (χ4v) is 4.85. The molecule has 0 aliphatic carbocycles. The van der Waals surface area contributed by atoms with E-state index < -0.39 is 0 Å². The van der Waals surface area contributed by atoms with E-state index in [1.54, 1.807) is 0 Å². The van der Waals surface area contributed by atoms with Gasteiger partial charge in [0.05, 0.1) is 22.8 Å². The molecule has 2 aromatic heterocycles. The van der Waals surface area contributed by atoms with Gasteiger partial charge in [0.15, 0.2) is 0 Å². The molecule has 4 heterocycles. The van der Waals surface area contributed by atoms with E-state index in [4.69, 9.17) is 0 Å². The van der Waals surface area contributed by atoms with Gasteiger partial charge in [-0.1, -0.05) is 12.1 Å². The summed E-state index contributed by atoms with van der Waals surface area (Å²) in [6.45, 7) is 2.06. The average molecular weight is 336 g/mol. The van der Waals surface area contributed by atoms with Gasteiger partial charge in [-0.05, 0) is 55.9 Å². The molecular weight excluding hydrogens is 315 g/mol. The minimum atomic E-state index is 0.407. The van der Waals surface area contributed by atoms with Crippen LogP contribution in [0.4, 0.5) is 0 Å². The molecule has 5 heteroatoms. The second-order valence-electron chi connectivity index (χ2n) is 6.45. The molecule has 0 spiro atoms. The van der Waals surface area contributed by atoms with Crippen molar-refractivity contribution in [2.24, 2.45) is 22.0 Å². The first-order chi connectivity index (χ1) is 11.8. The summed E-state index contributed by atoms with van der Waals surface area (Å²) in [6.07, 6.45) is 8.66. The van der Waals surface area contributed by atoms with Gasteiger partial charge in [-0.25, -0.2) is 0 Å². The van der Waals surface area contributed by atoms with Gasteiger partial charge in [0.1, 0.15) is 0 Å². The van der Waals surface area contributed by atoms with E-state index in [1.165, 1.54) is 30.7 Å². The maximum absolute atomic E-state index is 4.62. The summed E-state index contributed by atoms with van der Waals surface area (Å²) in [7, 11) is 1.04. The molecule has 24 heavy (non-hydrogen) atoms. The number of aromatic nitrogens is 2. The molecule has 2 aromatic rings. The predicted molar refractivity (Wildman–Crippen MR) is 101 cm³/mol. The van der Waals surface area contributed by atoms with Crippen molar-refractivity contribution in [3.8, 4) is 0 Å². The van der Waals surface area contributed by atoms with Crippen molar-refractivity contribution in [3.05, 3.63) is 59.7 Å². The molecule has 4 rings (SSSR count). The third-order valence-electron chi connectivity index (χ3n) is 4.82. The Kier molecular flexibility index (Phi) is 4.48. The largest absolute Gasteiger partial charge is 0.255 e. The molecule has 0 aromatic carbocycles. The third-order valence-corrected chi connectivity index (χ3v) is 6.10. The lowest BCUT2D eigenvalue weighted by Crippen LogP contribution is -2.34. The quantitative estimate of drug-likeness (QED) is 0.785. The smallest absolute Gasteiger partial charge is 0.0924 e. The fourth-order valence-electron chi connectivity index (χ4n) is 3.57. The number of pyridine rings is 2. The molecule has 2 aliphatic heterocycles. The lowest BCUT2D eigenvalue weighted by Gasteiger charge is -2.29. The highest BCUT2D eigenvalue weighted by Gasteiger charge is 2.36. The fraction of sp³-hybridized carbons (Fsp3) is 0.368. The Hall–Kier alpha value is -1.93. The van der Waals surface area contributed by atoms with E-state index in [1.807, 2.05) is 30.6 Å². The van der Waals surface area contributed by atoms with Crippen molar-refractivity contribution in [2.75, 3.05) is 12.3 Å². The number of nitrogens with zero attached hydrogens (tertiary/aromatic N) is 4. The molecule has 3 unspecified atom stereocenters. The standard InChI is InChI=1S/C19H21N4P/c1-13-5-6-17(21-12-13)19-15-8-11-24-10-7-14(15)18(22-23-19)16-4-2-3-9-20-16/h2-6,9,12,14-15,24H,7-8,10-11H2,1H3. The zero-order valence-corrected chi connectivity index (χ0v) is 14.8. The molecular formula is C19H21N4P. The van der Waals surface area contributed by atoms with Gasteiger partial charge in [0.2, 0.25) is 0 Å². The van der Waals surface area contributed by atoms with Gasteiger partial charge in [0.25, 0.3) is 0 Å². The highest BCUT2D eigenvalue weighted by Crippen LogP contribution is 2.37. The SMILES string of the molecule is Cc1ccc(C2=NN=C(c3ccccn3)C3CCPCCC23)nc1. The van der Waals surface area contributed by atoms with Crippen LogP contribution in [0.5, 0.6) is 0 Å². The molecule has 0 N–H and O–H groups in total. The van der Waals surface area contributed by atoms with Crippen molar-refractivity contribution >= 4 is 20.0 Å². The van der Waals surface area contributed by atoms with Gasteiger partial charge in [-0.15, -0.1) is 8.58 Å². The Morgan fingerprint density at radius 3 is 2.17 bits per heavy atom. The average Bonchev–Trinajstić information content (AvgIpc) is 2.88. The van der Waals surface area contributed by atoms with Crippen molar-refractivity contribution in [3.63, 3.8) is 0 Å². The van der Waals surface area contributed by atoms with Gasteiger partial charge in [-0.3, -0.25) is 9.97 Å². The van der Waals surface area contributed by atoms with Crippen LogP contribution in [0.3, 0.4) is 0 Å². The minimum absolute atomic E-state index is 0.407. The van der Waals surface area contributed by atoms with Crippen molar-refractivity contribution in [1.29, 1.82) is 0 Å². The molecule has 0 saturated carbocycles. The van der Waals surface area contributed by atoms with Crippen LogP contribution < -0.4 is 0 Å². The second-order valence-corrected chi connectivity index (χ2v) is 7.95. The minimum Gasteiger partial charge on any atom is -0.255 e. The predicted octanol–water partition coefficient (Wildman–Crippen LogP) is 3.70. The number of fused-ring (bicyclic) bond motifs is 1. The second kappa shape index (κ2) is 6.90. The van der Waals surface area contributed by atoms with E-state index in [0.29, 0.717) is 11.8 Å². The number of hydrogen-bond donors (Lipinski definition) is 0. The first kappa shape index (κ1) is 15.6. The lowest BCUT2D eigenvalue weighted by atomic mass is 9.78. The summed E-state index contributed by atoms with van der Waals surface area (Å²) >= 11 is 0. The van der Waals surface area contributed by atoms with Gasteiger partial charge >= 0.3 is 0 Å². The van der Waals surface area contributed by atoms with Gasteiger partial charge in [-0.2, -0.15) is 10.2 Å². The molecule has 4 nitrogen and oxygen atoms in total. The molecule has 0 bridgehead atoms. The summed E-state index contributed by atoms with van der Waals surface area (Å²) in [5.74, 6) is 0.815. The van der Waals surface area contributed by atoms with Crippen LogP contribution in [-0.4, -0.2) is 33.7 Å². The zero-order chi connectivity index (χ0) is 16.4. The highest BCUT2D eigenvalue weighted by molar-refractivity contribution is 7.37. The number of aryl methyl sites for hydroxylation is 1. The Morgan fingerprint density at radius 1 is 0.875 bits per heavy atom. The Balaban J connectivity index is 1.78. The van der Waals surface area contributed by atoms with Crippen LogP contribution in [0.25, 0.3) is 0 Å². The van der Waals surface area contributed by atoms with Crippen molar-refractivity contribution < 1.29 is 0 Å². The molecule has 2 aliphatic rings. The molecule has 3 atom stereocenters. The van der Waals surface area contributed by atoms with Crippen LogP contribution in [0.15, 0.2) is 52.9 Å². The van der Waals surface area contributed by atoms with Crippen LogP contribution in [-0.2, 0) is 0 Å². The molecule has 1 fully saturated rings. The van der Waals surface area contributed by atoms with Crippen molar-refractivity contribution in [2.45, 2.75) is 19.8 Å². The van der Waals surface area contributed by atoms with E-state index in [9.17, 15) is 0 Å². The maximum atomic E-state index is 4.62. The Bertz CT molecular complexity index is 768. The summed E-state index contributed by atoms with van der Waals surface area (Å²) in [5, 5.41) is 9.23. The molecule has 1 saturated heterocycles. The van der Waals surface area contributed by atoms with E-state index in [-0.39, 0.29) is 0 Å². The van der Waals surface area contributed by atoms with Gasteiger partial charge < -0.3 is 0 Å². The van der Waals surface area contributed by atoms with Crippen LogP contribution in [0.1, 0.15) is 29.8 Å². The summed E-state index contributed by atoms with van der Waals surface area (Å²) in [5.41, 5.74) is 5.24. The zero-order valence-electron chi connectivity index (χ0n) is 13.8. The highest BCUT2D eigenvalue weighted by atomic mass is 31.1. The van der Waals surface area contributed by atoms with E-state index >= 15 is 0 Å². The van der Waals surface area contributed by atoms with E-state index in [0.717, 1.165) is 31.4 Å². The first-order valence-electron chi connectivity index (χ1n) is 8.53. The van der Waals surface area contributed by atoms with Crippen LogP contribution in [0.2, 0.25) is 0 Å². The van der Waals surface area contributed by atoms with Gasteiger partial charge in [0, 0.05) is 24.2 Å². The monoisotopic (exact) mass is 336 g/mol. The first-order valence-corrected chi connectivity index (χ1v) is 9.95. The molecule has 122 valence electrons. The maximum Gasteiger partial charge on any atom is 0.0924 e. The lowest BCUT2D eigenvalue weighted by molar-refractivity contribution is 0.506. The molecule has 0 amide bonds. The Labute approximate surface area is 144 Å². The normalized spacial score (nSPS) is 24.7. The van der Waals surface area contributed by atoms with E-state index in [2.05, 4.69) is 39.2 Å². The number of rotatable bonds is 2. The topological polar surface area (TPSA) is 50.5 Å². The molecule has 0 radical (unpaired) electrons. The Morgan fingerprint density at radius 2 is 1.58 bits per heavy atom. The summed E-state index contributed by atoms with van der Waals surface area (Å²) in [6, 6.07) is 10.2. The number of hydrogen-bond acceptors (Lipinski definition) is 4. The van der Waals surface area contributed by atoms with Crippen LogP contribution in [0, 0.1) is 18.8 Å². The summed E-state index contributed by atoms with van der Waals surface area (Å²) < 4.78 is 0. The summed E-state index contributed by atoms with van der Waals surface area (Å²) in [4.78, 5) is 9.13. The van der Waals surface area contributed by atoms with Crippen molar-refractivity contribution in [1.82, 2.24) is 9.97 Å². The third kappa shape index (κ3) is 3.03.